The second kappa shape index (κ2) is 11.4. The summed E-state index contributed by atoms with van der Waals surface area (Å²) in [5, 5.41) is 4.90. The number of carbonyl (C=O) groups is 2. The Morgan fingerprint density at radius 2 is 1.33 bits per heavy atom. The van der Waals surface area contributed by atoms with E-state index in [1.165, 1.54) is 10.4 Å². The first-order chi connectivity index (χ1) is 22.8. The molecule has 1 aromatic heterocycles. The van der Waals surface area contributed by atoms with Crippen molar-refractivity contribution in [2.24, 2.45) is 11.3 Å². The zero-order valence-electron chi connectivity index (χ0n) is 29.1. The van der Waals surface area contributed by atoms with E-state index in [1.807, 2.05) is 51.4 Å². The van der Waals surface area contributed by atoms with Crippen LogP contribution in [0.3, 0.4) is 0 Å². The molecule has 0 radical (unpaired) electrons. The van der Waals surface area contributed by atoms with Gasteiger partial charge in [-0.15, -0.1) is 0 Å². The summed E-state index contributed by atoms with van der Waals surface area (Å²) < 4.78 is 7.41. The highest BCUT2D eigenvalue weighted by Crippen LogP contribution is 2.73. The zero-order chi connectivity index (χ0) is 34.0. The van der Waals surface area contributed by atoms with E-state index in [1.54, 1.807) is 4.57 Å². The summed E-state index contributed by atoms with van der Waals surface area (Å²) in [6, 6.07) is 39.6. The van der Waals surface area contributed by atoms with Crippen LogP contribution in [0.25, 0.3) is 10.8 Å². The fraction of sp³-hybridized carbons (Fsp3) is 0.349. The highest BCUT2D eigenvalue weighted by molar-refractivity contribution is 7.04. The molecule has 1 atom stereocenters. The van der Waals surface area contributed by atoms with E-state index in [0.717, 1.165) is 47.2 Å². The predicted molar refractivity (Wildman–Crippen MR) is 198 cm³/mol. The molecule has 2 bridgehead atoms. The maximum Gasteiger partial charge on any atom is 0.418 e. The minimum Gasteiger partial charge on any atom is -0.443 e. The molecule has 3 aliphatic carbocycles. The third-order valence-electron chi connectivity index (χ3n) is 11.5. The number of aromatic nitrogens is 1. The SMILES string of the molecule is CC(C)(C)OC(=O)n1ccc([C@@]2(C[Si](c3ccccc3)(c3ccccc3)C(C)(C)C)CC3CC2(C(=O)c2ccc4ccccc4c2)C3)c1. The van der Waals surface area contributed by atoms with Crippen molar-refractivity contribution in [2.45, 2.75) is 82.9 Å². The molecule has 4 aromatic carbocycles. The molecule has 0 unspecified atom stereocenters. The summed E-state index contributed by atoms with van der Waals surface area (Å²) in [7, 11) is -2.66. The van der Waals surface area contributed by atoms with Crippen molar-refractivity contribution in [3.63, 3.8) is 0 Å². The van der Waals surface area contributed by atoms with Gasteiger partial charge in [-0.3, -0.25) is 9.36 Å². The van der Waals surface area contributed by atoms with Gasteiger partial charge in [-0.05, 0) is 85.5 Å². The first-order valence-corrected chi connectivity index (χ1v) is 19.6. The minimum atomic E-state index is -2.66. The van der Waals surface area contributed by atoms with Crippen LogP contribution in [-0.4, -0.2) is 30.1 Å². The molecule has 8 rings (SSSR count). The van der Waals surface area contributed by atoms with Crippen LogP contribution in [0.1, 0.15) is 76.7 Å². The van der Waals surface area contributed by atoms with Crippen molar-refractivity contribution in [1.82, 2.24) is 4.57 Å². The average molecular weight is 654 g/mol. The maximum atomic E-state index is 15.3. The molecule has 0 amide bonds. The average Bonchev–Trinajstić information content (AvgIpc) is 3.75. The van der Waals surface area contributed by atoms with Crippen LogP contribution in [-0.2, 0) is 10.2 Å². The first-order valence-electron chi connectivity index (χ1n) is 17.3. The van der Waals surface area contributed by atoms with Crippen LogP contribution < -0.4 is 10.4 Å². The summed E-state index contributed by atoms with van der Waals surface area (Å²) in [5.41, 5.74) is 0.200. The van der Waals surface area contributed by atoms with Gasteiger partial charge in [0.1, 0.15) is 13.7 Å². The molecule has 0 aliphatic heterocycles. The fourth-order valence-corrected chi connectivity index (χ4v) is 15.5. The Kier molecular flexibility index (Phi) is 7.71. The van der Waals surface area contributed by atoms with E-state index in [2.05, 4.69) is 112 Å². The van der Waals surface area contributed by atoms with Crippen molar-refractivity contribution in [3.05, 3.63) is 133 Å². The van der Waals surface area contributed by atoms with Crippen LogP contribution in [0.15, 0.2) is 122 Å². The largest absolute Gasteiger partial charge is 0.443 e. The Morgan fingerprint density at radius 3 is 1.92 bits per heavy atom. The maximum absolute atomic E-state index is 15.3. The van der Waals surface area contributed by atoms with Crippen LogP contribution in [0.4, 0.5) is 4.79 Å². The number of benzene rings is 4. The Morgan fingerprint density at radius 1 is 0.750 bits per heavy atom. The number of carbonyl (C=O) groups excluding carboxylic acids is 2. The lowest BCUT2D eigenvalue weighted by Crippen LogP contribution is -2.68. The molecule has 5 heteroatoms. The normalized spacial score (nSPS) is 22.3. The van der Waals surface area contributed by atoms with Crippen LogP contribution >= 0.6 is 0 Å². The molecule has 48 heavy (non-hydrogen) atoms. The third kappa shape index (κ3) is 5.09. The van der Waals surface area contributed by atoms with E-state index in [4.69, 9.17) is 4.74 Å². The predicted octanol–water partition coefficient (Wildman–Crippen LogP) is 9.41. The summed E-state index contributed by atoms with van der Waals surface area (Å²) in [5.74, 6) is 0.697. The van der Waals surface area contributed by atoms with E-state index in [0.29, 0.717) is 5.92 Å². The van der Waals surface area contributed by atoms with E-state index >= 15 is 4.79 Å². The lowest BCUT2D eigenvalue weighted by atomic mass is 9.56. The molecular weight excluding hydrogens is 607 g/mol. The van der Waals surface area contributed by atoms with Gasteiger partial charge in [0.05, 0.1) is 0 Å². The highest BCUT2D eigenvalue weighted by Gasteiger charge is 2.72. The molecule has 0 N–H and O–H groups in total. The van der Waals surface area contributed by atoms with Crippen LogP contribution in [0, 0.1) is 11.3 Å². The van der Waals surface area contributed by atoms with Crippen molar-refractivity contribution >= 4 is 41.1 Å². The van der Waals surface area contributed by atoms with Gasteiger partial charge in [-0.25, -0.2) is 4.79 Å². The Labute approximate surface area is 286 Å². The van der Waals surface area contributed by atoms with Gasteiger partial charge in [0.15, 0.2) is 5.78 Å². The Balaban J connectivity index is 1.46. The van der Waals surface area contributed by atoms with Gasteiger partial charge in [0, 0.05) is 28.8 Å². The smallest absolute Gasteiger partial charge is 0.418 e. The van der Waals surface area contributed by atoms with Gasteiger partial charge in [-0.1, -0.05) is 128 Å². The van der Waals surface area contributed by atoms with Crippen LogP contribution in [0.2, 0.25) is 11.1 Å². The molecule has 246 valence electrons. The number of ether oxygens (including phenoxy) is 1. The monoisotopic (exact) mass is 653 g/mol. The molecule has 3 fully saturated rings. The number of Topliss-reactive ketones (excluding diaryl/α,β-unsaturated/α-hetero) is 1. The lowest BCUT2D eigenvalue weighted by molar-refractivity contribution is 0.0501. The summed E-state index contributed by atoms with van der Waals surface area (Å²) in [6.45, 7) is 12.9. The number of hydrogen-bond acceptors (Lipinski definition) is 3. The van der Waals surface area contributed by atoms with Crippen molar-refractivity contribution in [3.8, 4) is 0 Å². The summed E-state index contributed by atoms with van der Waals surface area (Å²) >= 11 is 0. The number of rotatable bonds is 7. The number of fused-ring (bicyclic) bond motifs is 2. The lowest BCUT2D eigenvalue weighted by Gasteiger charge is -2.54. The van der Waals surface area contributed by atoms with E-state index in [9.17, 15) is 4.79 Å². The number of ketones is 1. The quantitative estimate of drug-likeness (QED) is 0.130. The molecule has 3 aliphatic rings. The molecule has 5 aromatic rings. The summed E-state index contributed by atoms with van der Waals surface area (Å²) in [4.78, 5) is 28.7. The van der Waals surface area contributed by atoms with Gasteiger partial charge in [0.25, 0.3) is 0 Å². The second-order valence-corrected chi connectivity index (χ2v) is 21.2. The standard InChI is InChI=1S/C43H47NO3Si/c1-40(2,3)47-39(46)44-24-23-35(29-44)43(30-48(41(4,5)6,36-17-9-7-10-18-36)37-19-11-8-12-20-37)28-31-26-42(43,27-31)38(45)34-22-21-32-15-13-14-16-33(32)25-34/h7-25,29,31H,26-28,30H2,1-6H3/t31?,42?,43-/m0/s1. The van der Waals surface area contributed by atoms with E-state index in [-0.39, 0.29) is 10.8 Å². The van der Waals surface area contributed by atoms with Crippen LogP contribution in [0.5, 0.6) is 0 Å². The highest BCUT2D eigenvalue weighted by atomic mass is 28.3. The minimum absolute atomic E-state index is 0.0867. The molecule has 0 spiro atoms. The molecule has 3 saturated carbocycles. The fourth-order valence-electron chi connectivity index (χ4n) is 9.40. The van der Waals surface area contributed by atoms with Crippen molar-refractivity contribution in [1.29, 1.82) is 0 Å². The Hall–Kier alpha value is -4.22. The molecule has 0 saturated heterocycles. The third-order valence-corrected chi connectivity index (χ3v) is 17.8. The number of nitrogens with zero attached hydrogens (tertiary/aromatic N) is 1. The Bertz CT molecular complexity index is 1940. The van der Waals surface area contributed by atoms with Crippen molar-refractivity contribution < 1.29 is 14.3 Å². The number of hydrogen-bond donors (Lipinski definition) is 0. The summed E-state index contributed by atoms with van der Waals surface area (Å²) in [6.07, 6.45) is 6.11. The van der Waals surface area contributed by atoms with Gasteiger partial charge in [0.2, 0.25) is 0 Å². The van der Waals surface area contributed by atoms with Crippen molar-refractivity contribution in [2.75, 3.05) is 0 Å². The molecule has 4 nitrogen and oxygen atoms in total. The van der Waals surface area contributed by atoms with Gasteiger partial charge < -0.3 is 4.74 Å². The van der Waals surface area contributed by atoms with Gasteiger partial charge in [-0.2, -0.15) is 0 Å². The second-order valence-electron chi connectivity index (χ2n) is 16.4. The molecule has 1 heterocycles. The first kappa shape index (κ1) is 32.3. The molecular formula is C43H47NO3Si. The topological polar surface area (TPSA) is 48.3 Å². The van der Waals surface area contributed by atoms with E-state index < -0.39 is 30.6 Å². The van der Waals surface area contributed by atoms with Gasteiger partial charge >= 0.3 is 6.09 Å². The zero-order valence-corrected chi connectivity index (χ0v) is 30.1.